The second-order valence-electron chi connectivity index (χ2n) is 5.13. The van der Waals surface area contributed by atoms with Gasteiger partial charge in [0.15, 0.2) is 0 Å². The molecule has 22 heavy (non-hydrogen) atoms. The van der Waals surface area contributed by atoms with Crippen molar-refractivity contribution < 1.29 is 9.18 Å². The van der Waals surface area contributed by atoms with Gasteiger partial charge in [0.05, 0.1) is 6.04 Å². The molecular weight excluding hydrogens is 297 g/mol. The Morgan fingerprint density at radius 3 is 2.50 bits per heavy atom. The van der Waals surface area contributed by atoms with Gasteiger partial charge in [0.25, 0.3) is 0 Å². The van der Waals surface area contributed by atoms with Crippen molar-refractivity contribution in [1.82, 2.24) is 5.32 Å². The van der Waals surface area contributed by atoms with Crippen LogP contribution in [0, 0.1) is 5.82 Å². The fraction of sp³-hybridized carbons (Fsp3) is 0.278. The van der Waals surface area contributed by atoms with Crippen molar-refractivity contribution in [3.8, 4) is 0 Å². The molecule has 0 spiro atoms. The lowest BCUT2D eigenvalue weighted by atomic mass is 10.1. The van der Waals surface area contributed by atoms with Crippen LogP contribution in [0.15, 0.2) is 54.6 Å². The molecule has 2 nitrogen and oxygen atoms in total. The van der Waals surface area contributed by atoms with Crippen molar-refractivity contribution in [3.05, 3.63) is 71.5 Å². The van der Waals surface area contributed by atoms with Crippen LogP contribution in [0.3, 0.4) is 0 Å². The molecule has 0 fully saturated rings. The average molecular weight is 317 g/mol. The van der Waals surface area contributed by atoms with E-state index < -0.39 is 0 Å². The molecule has 0 aliphatic carbocycles. The van der Waals surface area contributed by atoms with Crippen LogP contribution in [0.1, 0.15) is 30.5 Å². The van der Waals surface area contributed by atoms with Gasteiger partial charge in [0.2, 0.25) is 5.91 Å². The van der Waals surface area contributed by atoms with Crippen molar-refractivity contribution in [3.63, 3.8) is 0 Å². The van der Waals surface area contributed by atoms with Crippen molar-refractivity contribution >= 4 is 17.7 Å². The first-order valence-electron chi connectivity index (χ1n) is 7.31. The zero-order valence-electron chi connectivity index (χ0n) is 12.6. The molecule has 0 aromatic heterocycles. The fourth-order valence-electron chi connectivity index (χ4n) is 2.08. The van der Waals surface area contributed by atoms with Crippen LogP contribution in [0.5, 0.6) is 0 Å². The van der Waals surface area contributed by atoms with Crippen LogP contribution < -0.4 is 5.32 Å². The van der Waals surface area contributed by atoms with E-state index in [-0.39, 0.29) is 17.8 Å². The maximum absolute atomic E-state index is 12.9. The Kier molecular flexibility index (Phi) is 6.46. The third-order valence-corrected chi connectivity index (χ3v) is 4.36. The molecule has 116 valence electrons. The van der Waals surface area contributed by atoms with E-state index in [2.05, 4.69) is 17.4 Å². The van der Waals surface area contributed by atoms with E-state index in [9.17, 15) is 9.18 Å². The monoisotopic (exact) mass is 317 g/mol. The minimum Gasteiger partial charge on any atom is -0.350 e. The molecular formula is C18H20FNOS. The van der Waals surface area contributed by atoms with Gasteiger partial charge >= 0.3 is 0 Å². The van der Waals surface area contributed by atoms with Crippen molar-refractivity contribution in [2.75, 3.05) is 5.75 Å². The molecule has 0 aliphatic rings. The molecule has 2 aromatic carbocycles. The van der Waals surface area contributed by atoms with Gasteiger partial charge in [0, 0.05) is 17.9 Å². The van der Waals surface area contributed by atoms with Crippen molar-refractivity contribution in [2.45, 2.75) is 25.1 Å². The molecule has 0 saturated carbocycles. The summed E-state index contributed by atoms with van der Waals surface area (Å²) in [5, 5.41) is 2.94. The summed E-state index contributed by atoms with van der Waals surface area (Å²) in [4.78, 5) is 11.9. The number of nitrogens with one attached hydrogen (secondary N) is 1. The smallest absolute Gasteiger partial charge is 0.221 e. The zero-order chi connectivity index (χ0) is 15.8. The van der Waals surface area contributed by atoms with Gasteiger partial charge < -0.3 is 5.32 Å². The summed E-state index contributed by atoms with van der Waals surface area (Å²) < 4.78 is 12.9. The largest absolute Gasteiger partial charge is 0.350 e. The van der Waals surface area contributed by atoms with Crippen molar-refractivity contribution in [1.29, 1.82) is 0 Å². The van der Waals surface area contributed by atoms with Gasteiger partial charge in [-0.3, -0.25) is 4.79 Å². The maximum atomic E-state index is 12.9. The SMILES string of the molecule is CC(NC(=O)CCSCc1ccccc1)c1ccc(F)cc1. The normalized spacial score (nSPS) is 11.9. The van der Waals surface area contributed by atoms with Crippen LogP contribution in [0.4, 0.5) is 4.39 Å². The van der Waals surface area contributed by atoms with E-state index in [0.29, 0.717) is 6.42 Å². The highest BCUT2D eigenvalue weighted by Crippen LogP contribution is 2.15. The average Bonchev–Trinajstić information content (AvgIpc) is 2.53. The van der Waals surface area contributed by atoms with Crippen LogP contribution in [0.2, 0.25) is 0 Å². The number of halogens is 1. The van der Waals surface area contributed by atoms with Crippen LogP contribution in [0.25, 0.3) is 0 Å². The third-order valence-electron chi connectivity index (χ3n) is 3.33. The molecule has 0 heterocycles. The topological polar surface area (TPSA) is 29.1 Å². The summed E-state index contributed by atoms with van der Waals surface area (Å²) in [6, 6.07) is 16.3. The Morgan fingerprint density at radius 2 is 1.82 bits per heavy atom. The van der Waals surface area contributed by atoms with E-state index in [1.807, 2.05) is 25.1 Å². The molecule has 1 unspecified atom stereocenters. The molecule has 1 N–H and O–H groups in total. The second-order valence-corrected chi connectivity index (χ2v) is 6.23. The predicted octanol–water partition coefficient (Wildman–Crippen LogP) is 4.33. The number of carbonyl (C=O) groups is 1. The highest BCUT2D eigenvalue weighted by atomic mass is 32.2. The van der Waals surface area contributed by atoms with Crippen molar-refractivity contribution in [2.24, 2.45) is 0 Å². The Bertz CT molecular complexity index is 586. The van der Waals surface area contributed by atoms with Crippen LogP contribution in [-0.2, 0) is 10.5 Å². The van der Waals surface area contributed by atoms with Gasteiger partial charge in [-0.25, -0.2) is 4.39 Å². The Balaban J connectivity index is 1.68. The van der Waals surface area contributed by atoms with Gasteiger partial charge in [-0.2, -0.15) is 11.8 Å². The lowest BCUT2D eigenvalue weighted by molar-refractivity contribution is -0.121. The molecule has 2 rings (SSSR count). The third kappa shape index (κ3) is 5.53. The predicted molar refractivity (Wildman–Crippen MR) is 90.2 cm³/mol. The standard InChI is InChI=1S/C18H20FNOS/c1-14(16-7-9-17(19)10-8-16)20-18(21)11-12-22-13-15-5-3-2-4-6-15/h2-10,14H,11-13H2,1H3,(H,20,21). The first kappa shape index (κ1) is 16.6. The molecule has 1 atom stereocenters. The summed E-state index contributed by atoms with van der Waals surface area (Å²) >= 11 is 1.75. The van der Waals surface area contributed by atoms with E-state index >= 15 is 0 Å². The fourth-order valence-corrected chi connectivity index (χ4v) is 2.98. The summed E-state index contributed by atoms with van der Waals surface area (Å²) in [5.41, 5.74) is 2.18. The Hall–Kier alpha value is -1.81. The number of hydrogen-bond donors (Lipinski definition) is 1. The number of amides is 1. The summed E-state index contributed by atoms with van der Waals surface area (Å²) in [7, 11) is 0. The first-order valence-corrected chi connectivity index (χ1v) is 8.47. The molecule has 0 aliphatic heterocycles. The molecule has 4 heteroatoms. The molecule has 0 radical (unpaired) electrons. The second kappa shape index (κ2) is 8.59. The minimum absolute atomic E-state index is 0.0254. The quantitative estimate of drug-likeness (QED) is 0.770. The van der Waals surface area contributed by atoms with Gasteiger partial charge in [-0.1, -0.05) is 42.5 Å². The van der Waals surface area contributed by atoms with Crippen LogP contribution >= 0.6 is 11.8 Å². The minimum atomic E-state index is -0.264. The maximum Gasteiger partial charge on any atom is 0.221 e. The highest BCUT2D eigenvalue weighted by Gasteiger charge is 2.09. The molecule has 2 aromatic rings. The molecule has 0 bridgehead atoms. The Labute approximate surface area is 135 Å². The van der Waals surface area contributed by atoms with E-state index in [4.69, 9.17) is 0 Å². The number of hydrogen-bond acceptors (Lipinski definition) is 2. The van der Waals surface area contributed by atoms with E-state index in [1.54, 1.807) is 23.9 Å². The van der Waals surface area contributed by atoms with E-state index in [1.165, 1.54) is 17.7 Å². The molecule has 1 amide bonds. The number of benzene rings is 2. The van der Waals surface area contributed by atoms with Crippen LogP contribution in [-0.4, -0.2) is 11.7 Å². The number of thioether (sulfide) groups is 1. The highest BCUT2D eigenvalue weighted by molar-refractivity contribution is 7.98. The van der Waals surface area contributed by atoms with Gasteiger partial charge in [-0.15, -0.1) is 0 Å². The lowest BCUT2D eigenvalue weighted by Gasteiger charge is -2.14. The number of carbonyl (C=O) groups excluding carboxylic acids is 1. The molecule has 0 saturated heterocycles. The summed E-state index contributed by atoms with van der Waals surface area (Å²) in [6.07, 6.45) is 0.489. The van der Waals surface area contributed by atoms with E-state index in [0.717, 1.165) is 17.1 Å². The summed E-state index contributed by atoms with van der Waals surface area (Å²) in [6.45, 7) is 1.91. The number of rotatable bonds is 7. The zero-order valence-corrected chi connectivity index (χ0v) is 13.4. The van der Waals surface area contributed by atoms with Gasteiger partial charge in [-0.05, 0) is 30.2 Å². The Morgan fingerprint density at radius 1 is 1.14 bits per heavy atom. The lowest BCUT2D eigenvalue weighted by Crippen LogP contribution is -2.26. The summed E-state index contributed by atoms with van der Waals surface area (Å²) in [5.74, 6) is 1.47. The first-order chi connectivity index (χ1) is 10.6. The van der Waals surface area contributed by atoms with Gasteiger partial charge in [0.1, 0.15) is 5.82 Å².